The summed E-state index contributed by atoms with van der Waals surface area (Å²) in [6, 6.07) is 2.50. The van der Waals surface area contributed by atoms with Crippen molar-refractivity contribution in [3.05, 3.63) is 22.7 Å². The van der Waals surface area contributed by atoms with Gasteiger partial charge in [-0.3, -0.25) is 4.79 Å². The van der Waals surface area contributed by atoms with Gasteiger partial charge in [0.05, 0.1) is 19.6 Å². The number of hydrogen-bond donors (Lipinski definition) is 2. The van der Waals surface area contributed by atoms with Crippen LogP contribution in [0.15, 0.2) is 12.1 Å². The maximum absolute atomic E-state index is 10.8. The highest BCUT2D eigenvalue weighted by Gasteiger charge is 2.21. The smallest absolute Gasteiger partial charge is 0.305 e. The number of carboxylic acid groups (broad SMARTS) is 1. The van der Waals surface area contributed by atoms with Crippen molar-refractivity contribution in [3.8, 4) is 11.5 Å². The second-order valence-electron chi connectivity index (χ2n) is 4.40. The average molecular weight is 288 g/mol. The molecule has 0 heterocycles. The number of rotatable bonds is 6. The van der Waals surface area contributed by atoms with E-state index in [1.165, 1.54) is 7.11 Å². The minimum absolute atomic E-state index is 0.0918. The van der Waals surface area contributed by atoms with E-state index in [0.717, 1.165) is 0 Å². The van der Waals surface area contributed by atoms with Gasteiger partial charge in [0.15, 0.2) is 11.5 Å². The molecule has 0 radical (unpaired) electrons. The largest absolute Gasteiger partial charge is 0.493 e. The van der Waals surface area contributed by atoms with Crippen LogP contribution in [0.25, 0.3) is 0 Å². The highest BCUT2D eigenvalue weighted by molar-refractivity contribution is 6.30. The summed E-state index contributed by atoms with van der Waals surface area (Å²) >= 11 is 5.98. The fourth-order valence-electron chi connectivity index (χ4n) is 1.68. The molecule has 6 heteroatoms. The first-order chi connectivity index (χ1) is 8.85. The minimum atomic E-state index is -0.984. The van der Waals surface area contributed by atoms with Crippen LogP contribution < -0.4 is 15.2 Å². The van der Waals surface area contributed by atoms with E-state index in [9.17, 15) is 4.79 Å². The van der Waals surface area contributed by atoms with Gasteiger partial charge in [0.1, 0.15) is 0 Å². The van der Waals surface area contributed by atoms with Crippen LogP contribution in [0.1, 0.15) is 31.9 Å². The third-order valence-electron chi connectivity index (χ3n) is 2.42. The number of nitrogens with two attached hydrogens (primary N) is 1. The number of benzene rings is 1. The maximum Gasteiger partial charge on any atom is 0.305 e. The molecule has 5 nitrogen and oxygen atoms in total. The molecule has 1 atom stereocenters. The Morgan fingerprint density at radius 3 is 2.58 bits per heavy atom. The van der Waals surface area contributed by atoms with Gasteiger partial charge in [0, 0.05) is 22.7 Å². The summed E-state index contributed by atoms with van der Waals surface area (Å²) in [6.07, 6.45) is -0.302. The average Bonchev–Trinajstić information content (AvgIpc) is 2.29. The molecular weight excluding hydrogens is 270 g/mol. The molecule has 0 fully saturated rings. The van der Waals surface area contributed by atoms with Crippen LogP contribution in [-0.4, -0.2) is 24.3 Å². The van der Waals surface area contributed by atoms with Crippen LogP contribution in [0.2, 0.25) is 5.02 Å². The molecule has 1 unspecified atom stereocenters. The predicted octanol–water partition coefficient (Wildman–Crippen LogP) is 2.61. The number of carboxylic acids is 1. The molecule has 106 valence electrons. The monoisotopic (exact) mass is 287 g/mol. The van der Waals surface area contributed by atoms with E-state index in [1.807, 2.05) is 13.8 Å². The van der Waals surface area contributed by atoms with Gasteiger partial charge < -0.3 is 20.3 Å². The maximum atomic E-state index is 10.8. The molecule has 1 aromatic rings. The SMILES string of the molecule is COc1cc(Cl)cc(C(N)CC(=O)O)c1OC(C)C. The van der Waals surface area contributed by atoms with Crippen molar-refractivity contribution in [3.63, 3.8) is 0 Å². The molecule has 1 rings (SSSR count). The van der Waals surface area contributed by atoms with Gasteiger partial charge in [-0.15, -0.1) is 0 Å². The lowest BCUT2D eigenvalue weighted by Crippen LogP contribution is -2.18. The van der Waals surface area contributed by atoms with Gasteiger partial charge in [0.25, 0.3) is 0 Å². The van der Waals surface area contributed by atoms with Gasteiger partial charge in [-0.25, -0.2) is 0 Å². The molecule has 19 heavy (non-hydrogen) atoms. The summed E-state index contributed by atoms with van der Waals surface area (Å²) in [6.45, 7) is 3.72. The Morgan fingerprint density at radius 2 is 2.11 bits per heavy atom. The normalized spacial score (nSPS) is 12.3. The first-order valence-electron chi connectivity index (χ1n) is 5.86. The van der Waals surface area contributed by atoms with E-state index in [-0.39, 0.29) is 12.5 Å². The third kappa shape index (κ3) is 4.29. The molecule has 0 saturated carbocycles. The molecule has 3 N–H and O–H groups in total. The lowest BCUT2D eigenvalue weighted by molar-refractivity contribution is -0.137. The molecule has 0 amide bonds. The molecule has 0 saturated heterocycles. The number of carbonyl (C=O) groups is 1. The number of hydrogen-bond acceptors (Lipinski definition) is 4. The topological polar surface area (TPSA) is 81.8 Å². The van der Waals surface area contributed by atoms with Crippen molar-refractivity contribution >= 4 is 17.6 Å². The summed E-state index contributed by atoms with van der Waals surface area (Å²) < 4.78 is 10.9. The Kier molecular flexibility index (Phi) is 5.44. The van der Waals surface area contributed by atoms with E-state index in [1.54, 1.807) is 12.1 Å². The van der Waals surface area contributed by atoms with Crippen LogP contribution in [-0.2, 0) is 4.79 Å². The summed E-state index contributed by atoms with van der Waals surface area (Å²) in [5, 5.41) is 9.25. The summed E-state index contributed by atoms with van der Waals surface area (Å²) in [4.78, 5) is 10.8. The summed E-state index contributed by atoms with van der Waals surface area (Å²) in [5.74, 6) is -0.102. The summed E-state index contributed by atoms with van der Waals surface area (Å²) in [5.41, 5.74) is 6.42. The van der Waals surface area contributed by atoms with Crippen molar-refractivity contribution in [1.82, 2.24) is 0 Å². The van der Waals surface area contributed by atoms with Crippen molar-refractivity contribution in [1.29, 1.82) is 0 Å². The van der Waals surface area contributed by atoms with Gasteiger partial charge in [0.2, 0.25) is 0 Å². The highest BCUT2D eigenvalue weighted by atomic mass is 35.5. The van der Waals surface area contributed by atoms with Crippen molar-refractivity contribution in [2.75, 3.05) is 7.11 Å². The van der Waals surface area contributed by atoms with Crippen molar-refractivity contribution < 1.29 is 19.4 Å². The number of ether oxygens (including phenoxy) is 2. The lowest BCUT2D eigenvalue weighted by atomic mass is 10.0. The molecule has 0 aliphatic rings. The van der Waals surface area contributed by atoms with Crippen LogP contribution in [0, 0.1) is 0 Å². The first kappa shape index (κ1) is 15.6. The van der Waals surface area contributed by atoms with Crippen LogP contribution in [0.3, 0.4) is 0 Å². The minimum Gasteiger partial charge on any atom is -0.493 e. The first-order valence-corrected chi connectivity index (χ1v) is 6.24. The van der Waals surface area contributed by atoms with Crippen molar-refractivity contribution in [2.24, 2.45) is 5.73 Å². The van der Waals surface area contributed by atoms with Gasteiger partial charge in [-0.1, -0.05) is 11.6 Å². The number of halogens is 1. The fraction of sp³-hybridized carbons (Fsp3) is 0.462. The second kappa shape index (κ2) is 6.63. The predicted molar refractivity (Wildman–Crippen MR) is 72.9 cm³/mol. The van der Waals surface area contributed by atoms with Crippen LogP contribution >= 0.6 is 11.6 Å². The van der Waals surface area contributed by atoms with E-state index in [4.69, 9.17) is 31.9 Å². The van der Waals surface area contributed by atoms with Gasteiger partial charge in [-0.05, 0) is 19.9 Å². The third-order valence-corrected chi connectivity index (χ3v) is 2.63. The number of aliphatic carboxylic acids is 1. The van der Waals surface area contributed by atoms with Crippen LogP contribution in [0.5, 0.6) is 11.5 Å². The molecular formula is C13H18ClNO4. The molecule has 0 bridgehead atoms. The molecule has 0 aliphatic carbocycles. The zero-order chi connectivity index (χ0) is 14.6. The van der Waals surface area contributed by atoms with Crippen LogP contribution in [0.4, 0.5) is 0 Å². The quantitative estimate of drug-likeness (QED) is 0.840. The molecule has 0 aliphatic heterocycles. The molecule has 1 aromatic carbocycles. The Balaban J connectivity index is 3.25. The Hall–Kier alpha value is -1.46. The zero-order valence-corrected chi connectivity index (χ0v) is 11.9. The summed E-state index contributed by atoms with van der Waals surface area (Å²) in [7, 11) is 1.49. The van der Waals surface area contributed by atoms with E-state index in [2.05, 4.69) is 0 Å². The van der Waals surface area contributed by atoms with E-state index >= 15 is 0 Å². The lowest BCUT2D eigenvalue weighted by Gasteiger charge is -2.20. The highest BCUT2D eigenvalue weighted by Crippen LogP contribution is 2.38. The zero-order valence-electron chi connectivity index (χ0n) is 11.1. The van der Waals surface area contributed by atoms with Gasteiger partial charge in [-0.2, -0.15) is 0 Å². The van der Waals surface area contributed by atoms with Gasteiger partial charge >= 0.3 is 5.97 Å². The molecule has 0 spiro atoms. The van der Waals surface area contributed by atoms with Crippen molar-refractivity contribution in [2.45, 2.75) is 32.4 Å². The Morgan fingerprint density at radius 1 is 1.47 bits per heavy atom. The van der Waals surface area contributed by atoms with E-state index in [0.29, 0.717) is 22.1 Å². The Labute approximate surface area is 117 Å². The number of methoxy groups -OCH3 is 1. The van der Waals surface area contributed by atoms with E-state index < -0.39 is 12.0 Å². The Bertz CT molecular complexity index is 462. The standard InChI is InChI=1S/C13H18ClNO4/c1-7(2)19-13-9(10(15)6-12(16)17)4-8(14)5-11(13)18-3/h4-5,7,10H,6,15H2,1-3H3,(H,16,17). The fourth-order valence-corrected chi connectivity index (χ4v) is 1.89. The molecule has 0 aromatic heterocycles. The second-order valence-corrected chi connectivity index (χ2v) is 4.83.